The molecule has 6 heteroatoms. The highest BCUT2D eigenvalue weighted by atomic mass is 16.5. The van der Waals surface area contributed by atoms with Crippen LogP contribution in [0.25, 0.3) is 0 Å². The molecule has 3 N–H and O–H groups in total. The summed E-state index contributed by atoms with van der Waals surface area (Å²) in [5, 5.41) is 8.60. The second-order valence-corrected chi connectivity index (χ2v) is 5.02. The van der Waals surface area contributed by atoms with Crippen LogP contribution in [0.15, 0.2) is 24.3 Å². The van der Waals surface area contributed by atoms with Crippen LogP contribution in [0.5, 0.6) is 5.75 Å². The molecule has 1 aromatic carbocycles. The quantitative estimate of drug-likeness (QED) is 0.618. The fourth-order valence-corrected chi connectivity index (χ4v) is 1.87. The van der Waals surface area contributed by atoms with E-state index in [1.807, 2.05) is 12.1 Å². The van der Waals surface area contributed by atoms with Crippen LogP contribution in [0.1, 0.15) is 12.8 Å². The average Bonchev–Trinajstić information content (AvgIpc) is 3.31. The van der Waals surface area contributed by atoms with Gasteiger partial charge in [0.05, 0.1) is 13.7 Å². The molecular weight excluding hydrogens is 270 g/mol. The molecule has 0 spiro atoms. The van der Waals surface area contributed by atoms with Gasteiger partial charge in [-0.05, 0) is 25.0 Å². The summed E-state index contributed by atoms with van der Waals surface area (Å²) in [6.07, 6.45) is 2.00. The van der Waals surface area contributed by atoms with Crippen molar-refractivity contribution in [2.75, 3.05) is 32.1 Å². The monoisotopic (exact) mass is 291 g/mol. The number of anilines is 1. The normalized spacial score (nSPS) is 13.6. The number of nitrogens with one attached hydrogen (secondary N) is 3. The fourth-order valence-electron chi connectivity index (χ4n) is 1.87. The van der Waals surface area contributed by atoms with E-state index < -0.39 is 0 Å². The van der Waals surface area contributed by atoms with Crippen LogP contribution in [-0.4, -0.2) is 38.6 Å². The summed E-state index contributed by atoms with van der Waals surface area (Å²) >= 11 is 0. The Morgan fingerprint density at radius 2 is 2.10 bits per heavy atom. The zero-order chi connectivity index (χ0) is 15.1. The van der Waals surface area contributed by atoms with Gasteiger partial charge >= 0.3 is 0 Å². The maximum atomic E-state index is 11.7. The molecule has 0 bridgehead atoms. The third-order valence-corrected chi connectivity index (χ3v) is 3.19. The summed E-state index contributed by atoms with van der Waals surface area (Å²) < 4.78 is 5.09. The minimum atomic E-state index is -0.128. The Hall–Kier alpha value is -2.08. The molecule has 1 aliphatic rings. The van der Waals surface area contributed by atoms with Crippen molar-refractivity contribution >= 4 is 17.5 Å². The Balaban J connectivity index is 1.59. The first kappa shape index (κ1) is 15.3. The van der Waals surface area contributed by atoms with E-state index in [9.17, 15) is 9.59 Å². The SMILES string of the molecule is COc1cccc(NC(=O)CNCCNC(=O)C2CC2)c1. The number of rotatable bonds is 8. The zero-order valence-corrected chi connectivity index (χ0v) is 12.1. The van der Waals surface area contributed by atoms with E-state index in [1.54, 1.807) is 19.2 Å². The number of methoxy groups -OCH3 is 1. The van der Waals surface area contributed by atoms with Crippen LogP contribution in [-0.2, 0) is 9.59 Å². The van der Waals surface area contributed by atoms with E-state index >= 15 is 0 Å². The van der Waals surface area contributed by atoms with Crippen molar-refractivity contribution in [2.24, 2.45) is 5.92 Å². The van der Waals surface area contributed by atoms with Crippen molar-refractivity contribution in [1.82, 2.24) is 10.6 Å². The van der Waals surface area contributed by atoms with Crippen LogP contribution in [0.3, 0.4) is 0 Å². The van der Waals surface area contributed by atoms with Gasteiger partial charge in [-0.15, -0.1) is 0 Å². The second kappa shape index (κ2) is 7.64. The molecule has 0 heterocycles. The van der Waals surface area contributed by atoms with Gasteiger partial charge < -0.3 is 20.7 Å². The van der Waals surface area contributed by atoms with Gasteiger partial charge in [-0.3, -0.25) is 9.59 Å². The first-order chi connectivity index (χ1) is 10.2. The van der Waals surface area contributed by atoms with Gasteiger partial charge in [0.1, 0.15) is 5.75 Å². The van der Waals surface area contributed by atoms with E-state index in [2.05, 4.69) is 16.0 Å². The third-order valence-electron chi connectivity index (χ3n) is 3.19. The molecule has 21 heavy (non-hydrogen) atoms. The number of benzene rings is 1. The molecule has 1 aliphatic carbocycles. The van der Waals surface area contributed by atoms with Crippen molar-refractivity contribution < 1.29 is 14.3 Å². The number of hydrogen-bond acceptors (Lipinski definition) is 4. The zero-order valence-electron chi connectivity index (χ0n) is 12.1. The number of carbonyl (C=O) groups excluding carboxylic acids is 2. The smallest absolute Gasteiger partial charge is 0.238 e. The van der Waals surface area contributed by atoms with Gasteiger partial charge in [-0.1, -0.05) is 6.07 Å². The van der Waals surface area contributed by atoms with Crippen molar-refractivity contribution in [3.63, 3.8) is 0 Å². The van der Waals surface area contributed by atoms with E-state index in [1.165, 1.54) is 0 Å². The Labute approximate surface area is 124 Å². The van der Waals surface area contributed by atoms with Crippen molar-refractivity contribution in [3.8, 4) is 5.75 Å². The summed E-state index contributed by atoms with van der Waals surface area (Å²) in [4.78, 5) is 23.1. The molecule has 0 aliphatic heterocycles. The molecule has 1 saturated carbocycles. The first-order valence-electron chi connectivity index (χ1n) is 7.11. The van der Waals surface area contributed by atoms with Crippen LogP contribution in [0, 0.1) is 5.92 Å². The topological polar surface area (TPSA) is 79.5 Å². The molecule has 1 fully saturated rings. The summed E-state index contributed by atoms with van der Waals surface area (Å²) in [7, 11) is 1.58. The van der Waals surface area contributed by atoms with Gasteiger partial charge in [-0.25, -0.2) is 0 Å². The largest absolute Gasteiger partial charge is 0.497 e. The minimum absolute atomic E-state index is 0.123. The average molecular weight is 291 g/mol. The highest BCUT2D eigenvalue weighted by Crippen LogP contribution is 2.28. The molecule has 0 radical (unpaired) electrons. The van der Waals surface area contributed by atoms with Gasteiger partial charge in [0, 0.05) is 30.8 Å². The summed E-state index contributed by atoms with van der Waals surface area (Å²) in [5.74, 6) is 0.916. The van der Waals surface area contributed by atoms with Gasteiger partial charge in [0.25, 0.3) is 0 Å². The molecule has 0 atom stereocenters. The van der Waals surface area contributed by atoms with Crippen molar-refractivity contribution in [3.05, 3.63) is 24.3 Å². The standard InChI is InChI=1S/C15H21N3O3/c1-21-13-4-2-3-12(9-13)18-14(19)10-16-7-8-17-15(20)11-5-6-11/h2-4,9,11,16H,5-8,10H2,1H3,(H,17,20)(H,18,19). The third kappa shape index (κ3) is 5.43. The lowest BCUT2D eigenvalue weighted by molar-refractivity contribution is -0.122. The Morgan fingerprint density at radius 3 is 2.81 bits per heavy atom. The highest BCUT2D eigenvalue weighted by molar-refractivity contribution is 5.92. The second-order valence-electron chi connectivity index (χ2n) is 5.02. The Bertz CT molecular complexity index is 501. The summed E-state index contributed by atoms with van der Waals surface area (Å²) in [5.41, 5.74) is 0.697. The maximum Gasteiger partial charge on any atom is 0.238 e. The molecule has 2 amide bonds. The van der Waals surface area contributed by atoms with Crippen molar-refractivity contribution in [1.29, 1.82) is 0 Å². The van der Waals surface area contributed by atoms with Gasteiger partial charge in [0.15, 0.2) is 0 Å². The number of hydrogen-bond donors (Lipinski definition) is 3. The molecule has 6 nitrogen and oxygen atoms in total. The molecule has 1 aromatic rings. The molecule has 0 saturated heterocycles. The van der Waals surface area contributed by atoms with E-state index in [0.29, 0.717) is 24.5 Å². The molecule has 0 unspecified atom stereocenters. The van der Waals surface area contributed by atoms with E-state index in [-0.39, 0.29) is 24.3 Å². The Morgan fingerprint density at radius 1 is 1.29 bits per heavy atom. The predicted molar refractivity (Wildman–Crippen MR) is 80.2 cm³/mol. The first-order valence-corrected chi connectivity index (χ1v) is 7.11. The van der Waals surface area contributed by atoms with Crippen LogP contribution in [0.2, 0.25) is 0 Å². The van der Waals surface area contributed by atoms with E-state index in [0.717, 1.165) is 12.8 Å². The lowest BCUT2D eigenvalue weighted by Gasteiger charge is -2.08. The molecule has 0 aromatic heterocycles. The predicted octanol–water partition coefficient (Wildman–Crippen LogP) is 0.749. The Kier molecular flexibility index (Phi) is 5.57. The fraction of sp³-hybridized carbons (Fsp3) is 0.467. The highest BCUT2D eigenvalue weighted by Gasteiger charge is 2.28. The molecule has 114 valence electrons. The summed E-state index contributed by atoms with van der Waals surface area (Å²) in [6.45, 7) is 1.32. The van der Waals surface area contributed by atoms with Gasteiger partial charge in [0.2, 0.25) is 11.8 Å². The van der Waals surface area contributed by atoms with Gasteiger partial charge in [-0.2, -0.15) is 0 Å². The van der Waals surface area contributed by atoms with Crippen molar-refractivity contribution in [2.45, 2.75) is 12.8 Å². The lowest BCUT2D eigenvalue weighted by atomic mass is 10.3. The number of ether oxygens (including phenoxy) is 1. The summed E-state index contributed by atoms with van der Waals surface area (Å²) in [6, 6.07) is 7.19. The molecule has 2 rings (SSSR count). The molecular formula is C15H21N3O3. The number of carbonyl (C=O) groups is 2. The maximum absolute atomic E-state index is 11.7. The van der Waals surface area contributed by atoms with Crippen LogP contribution < -0.4 is 20.7 Å². The lowest BCUT2D eigenvalue weighted by Crippen LogP contribution is -2.36. The minimum Gasteiger partial charge on any atom is -0.497 e. The van der Waals surface area contributed by atoms with Crippen LogP contribution >= 0.6 is 0 Å². The van der Waals surface area contributed by atoms with E-state index in [4.69, 9.17) is 4.74 Å². The number of amides is 2. The van der Waals surface area contributed by atoms with Crippen LogP contribution in [0.4, 0.5) is 5.69 Å².